The SMILES string of the molecule is Cc1ccc(Br)cc1CN(C)CCCC(C)N. The van der Waals surface area contributed by atoms with Gasteiger partial charge in [0.2, 0.25) is 0 Å². The zero-order chi connectivity index (χ0) is 12.8. The molecule has 0 bridgehead atoms. The molecule has 0 heterocycles. The lowest BCUT2D eigenvalue weighted by Crippen LogP contribution is -2.22. The minimum Gasteiger partial charge on any atom is -0.328 e. The molecule has 96 valence electrons. The molecule has 2 N–H and O–H groups in total. The Labute approximate surface area is 113 Å². The predicted octanol–water partition coefficient (Wildman–Crippen LogP) is 3.32. The third-order valence-electron chi connectivity index (χ3n) is 2.95. The Hall–Kier alpha value is -0.380. The number of benzene rings is 1. The van der Waals surface area contributed by atoms with E-state index >= 15 is 0 Å². The van der Waals surface area contributed by atoms with Crippen LogP contribution in [0.15, 0.2) is 22.7 Å². The van der Waals surface area contributed by atoms with Crippen LogP contribution in [0.3, 0.4) is 0 Å². The van der Waals surface area contributed by atoms with Gasteiger partial charge >= 0.3 is 0 Å². The monoisotopic (exact) mass is 298 g/mol. The molecule has 1 rings (SSSR count). The van der Waals surface area contributed by atoms with E-state index in [1.54, 1.807) is 0 Å². The Morgan fingerprint density at radius 1 is 1.41 bits per heavy atom. The standard InChI is InChI=1S/C14H23BrN2/c1-11-6-7-14(15)9-13(11)10-17(3)8-4-5-12(2)16/h6-7,9,12H,4-5,8,10,16H2,1-3H3. The number of hydrogen-bond donors (Lipinski definition) is 1. The van der Waals surface area contributed by atoms with Crippen molar-refractivity contribution in [2.45, 2.75) is 39.3 Å². The van der Waals surface area contributed by atoms with Gasteiger partial charge in [-0.1, -0.05) is 22.0 Å². The number of hydrogen-bond acceptors (Lipinski definition) is 2. The van der Waals surface area contributed by atoms with Crippen LogP contribution in [0, 0.1) is 6.92 Å². The van der Waals surface area contributed by atoms with Gasteiger partial charge in [-0.05, 0) is 63.5 Å². The summed E-state index contributed by atoms with van der Waals surface area (Å²) in [4.78, 5) is 2.36. The second kappa shape index (κ2) is 7.14. The van der Waals surface area contributed by atoms with E-state index in [9.17, 15) is 0 Å². The lowest BCUT2D eigenvalue weighted by molar-refractivity contribution is 0.314. The molecule has 1 unspecified atom stereocenters. The summed E-state index contributed by atoms with van der Waals surface area (Å²) < 4.78 is 1.15. The molecule has 17 heavy (non-hydrogen) atoms. The zero-order valence-corrected chi connectivity index (χ0v) is 12.6. The van der Waals surface area contributed by atoms with E-state index < -0.39 is 0 Å². The Morgan fingerprint density at radius 2 is 2.12 bits per heavy atom. The number of rotatable bonds is 6. The molecule has 0 saturated heterocycles. The fraction of sp³-hybridized carbons (Fsp3) is 0.571. The maximum absolute atomic E-state index is 5.75. The predicted molar refractivity (Wildman–Crippen MR) is 78.1 cm³/mol. The van der Waals surface area contributed by atoms with Crippen LogP contribution in [-0.2, 0) is 6.54 Å². The molecule has 0 aliphatic heterocycles. The largest absolute Gasteiger partial charge is 0.328 e. The summed E-state index contributed by atoms with van der Waals surface area (Å²) in [5, 5.41) is 0. The molecule has 0 aromatic heterocycles. The third kappa shape index (κ3) is 5.66. The summed E-state index contributed by atoms with van der Waals surface area (Å²) in [6.07, 6.45) is 2.27. The highest BCUT2D eigenvalue weighted by Gasteiger charge is 2.04. The van der Waals surface area contributed by atoms with Crippen LogP contribution in [-0.4, -0.2) is 24.5 Å². The summed E-state index contributed by atoms with van der Waals surface area (Å²) in [5.74, 6) is 0. The summed E-state index contributed by atoms with van der Waals surface area (Å²) in [7, 11) is 2.17. The Bertz CT molecular complexity index is 350. The van der Waals surface area contributed by atoms with Crippen molar-refractivity contribution < 1.29 is 0 Å². The van der Waals surface area contributed by atoms with E-state index in [-0.39, 0.29) is 0 Å². The van der Waals surface area contributed by atoms with E-state index in [0.29, 0.717) is 6.04 Å². The first-order chi connectivity index (χ1) is 7.99. The van der Waals surface area contributed by atoms with Crippen molar-refractivity contribution in [2.24, 2.45) is 5.73 Å². The maximum atomic E-state index is 5.75. The molecule has 2 nitrogen and oxygen atoms in total. The van der Waals surface area contributed by atoms with Gasteiger partial charge < -0.3 is 10.6 Å². The molecule has 1 atom stereocenters. The second-order valence-electron chi connectivity index (χ2n) is 4.93. The van der Waals surface area contributed by atoms with E-state index in [1.807, 2.05) is 0 Å². The lowest BCUT2D eigenvalue weighted by atomic mass is 10.1. The molecule has 1 aromatic carbocycles. The molecule has 1 aromatic rings. The van der Waals surface area contributed by atoms with Crippen molar-refractivity contribution in [2.75, 3.05) is 13.6 Å². The number of halogens is 1. The van der Waals surface area contributed by atoms with Crippen LogP contribution in [0.4, 0.5) is 0 Å². The van der Waals surface area contributed by atoms with Crippen molar-refractivity contribution in [1.29, 1.82) is 0 Å². The topological polar surface area (TPSA) is 29.3 Å². The van der Waals surface area contributed by atoms with Gasteiger partial charge in [-0.2, -0.15) is 0 Å². The smallest absolute Gasteiger partial charge is 0.0233 e. The summed E-state index contributed by atoms with van der Waals surface area (Å²) in [6, 6.07) is 6.78. The molecular formula is C14H23BrN2. The lowest BCUT2D eigenvalue weighted by Gasteiger charge is -2.18. The normalized spacial score (nSPS) is 13.1. The van der Waals surface area contributed by atoms with Gasteiger partial charge in [0, 0.05) is 17.1 Å². The van der Waals surface area contributed by atoms with Crippen LogP contribution < -0.4 is 5.73 Å². The molecule has 0 amide bonds. The fourth-order valence-electron chi connectivity index (χ4n) is 1.86. The molecule has 0 saturated carbocycles. The quantitative estimate of drug-likeness (QED) is 0.873. The Balaban J connectivity index is 2.44. The van der Waals surface area contributed by atoms with Gasteiger partial charge in [-0.15, -0.1) is 0 Å². The number of aryl methyl sites for hydroxylation is 1. The van der Waals surface area contributed by atoms with Crippen molar-refractivity contribution in [1.82, 2.24) is 4.90 Å². The van der Waals surface area contributed by atoms with E-state index in [0.717, 1.165) is 24.0 Å². The molecule has 0 aliphatic carbocycles. The van der Waals surface area contributed by atoms with Gasteiger partial charge in [0.15, 0.2) is 0 Å². The average molecular weight is 299 g/mol. The van der Waals surface area contributed by atoms with E-state index in [4.69, 9.17) is 5.73 Å². The number of nitrogens with two attached hydrogens (primary N) is 1. The average Bonchev–Trinajstić information content (AvgIpc) is 2.23. The minimum absolute atomic E-state index is 0.316. The van der Waals surface area contributed by atoms with E-state index in [1.165, 1.54) is 17.5 Å². The molecule has 0 spiro atoms. The maximum Gasteiger partial charge on any atom is 0.0233 e. The van der Waals surface area contributed by atoms with Gasteiger partial charge in [0.05, 0.1) is 0 Å². The first kappa shape index (κ1) is 14.7. The van der Waals surface area contributed by atoms with Crippen LogP contribution >= 0.6 is 15.9 Å². The van der Waals surface area contributed by atoms with Crippen molar-refractivity contribution in [3.63, 3.8) is 0 Å². The van der Waals surface area contributed by atoms with Crippen molar-refractivity contribution >= 4 is 15.9 Å². The van der Waals surface area contributed by atoms with Crippen molar-refractivity contribution in [3.05, 3.63) is 33.8 Å². The van der Waals surface area contributed by atoms with Gasteiger partial charge in [-0.3, -0.25) is 0 Å². The third-order valence-corrected chi connectivity index (χ3v) is 3.44. The minimum atomic E-state index is 0.316. The van der Waals surface area contributed by atoms with E-state index in [2.05, 4.69) is 59.9 Å². The molecule has 3 heteroatoms. The van der Waals surface area contributed by atoms with Crippen LogP contribution in [0.25, 0.3) is 0 Å². The molecular weight excluding hydrogens is 276 g/mol. The highest BCUT2D eigenvalue weighted by Crippen LogP contribution is 2.17. The van der Waals surface area contributed by atoms with Gasteiger partial charge in [0.1, 0.15) is 0 Å². The first-order valence-corrected chi connectivity index (χ1v) is 6.97. The molecule has 0 radical (unpaired) electrons. The second-order valence-corrected chi connectivity index (χ2v) is 5.84. The van der Waals surface area contributed by atoms with Crippen LogP contribution in [0.5, 0.6) is 0 Å². The Morgan fingerprint density at radius 3 is 2.76 bits per heavy atom. The summed E-state index contributed by atoms with van der Waals surface area (Å²) in [6.45, 7) is 6.34. The summed E-state index contributed by atoms with van der Waals surface area (Å²) in [5.41, 5.74) is 8.50. The van der Waals surface area contributed by atoms with Gasteiger partial charge in [0.25, 0.3) is 0 Å². The zero-order valence-electron chi connectivity index (χ0n) is 11.0. The highest BCUT2D eigenvalue weighted by molar-refractivity contribution is 9.10. The van der Waals surface area contributed by atoms with Crippen LogP contribution in [0.1, 0.15) is 30.9 Å². The van der Waals surface area contributed by atoms with Crippen LogP contribution in [0.2, 0.25) is 0 Å². The fourth-order valence-corrected chi connectivity index (χ4v) is 2.27. The highest BCUT2D eigenvalue weighted by atomic mass is 79.9. The summed E-state index contributed by atoms with van der Waals surface area (Å²) >= 11 is 3.52. The number of nitrogens with zero attached hydrogens (tertiary/aromatic N) is 1. The first-order valence-electron chi connectivity index (χ1n) is 6.18. The molecule has 0 fully saturated rings. The van der Waals surface area contributed by atoms with Gasteiger partial charge in [-0.25, -0.2) is 0 Å². The molecule has 0 aliphatic rings. The van der Waals surface area contributed by atoms with Crippen molar-refractivity contribution in [3.8, 4) is 0 Å². The Kier molecular flexibility index (Phi) is 6.17.